The summed E-state index contributed by atoms with van der Waals surface area (Å²) in [5.74, 6) is -0.489. The number of benzene rings is 2. The van der Waals surface area contributed by atoms with E-state index in [1.807, 2.05) is 0 Å². The molecule has 2 aromatic carbocycles. The summed E-state index contributed by atoms with van der Waals surface area (Å²) < 4.78 is 25.5. The summed E-state index contributed by atoms with van der Waals surface area (Å²) in [7, 11) is -3.61. The van der Waals surface area contributed by atoms with Crippen molar-refractivity contribution in [1.82, 2.24) is 14.5 Å². The van der Waals surface area contributed by atoms with Gasteiger partial charge < -0.3 is 10.6 Å². The third-order valence-electron chi connectivity index (χ3n) is 5.11. The van der Waals surface area contributed by atoms with Crippen LogP contribution in [0, 0.1) is 10.1 Å². The molecule has 0 bridgehead atoms. The van der Waals surface area contributed by atoms with Crippen LogP contribution in [0.2, 0.25) is 0 Å². The van der Waals surface area contributed by atoms with Gasteiger partial charge in [-0.05, 0) is 31.2 Å². The molecule has 0 aliphatic rings. The third kappa shape index (κ3) is 5.14. The first kappa shape index (κ1) is 24.6. The molecule has 3 aromatic rings. The number of anilines is 1. The van der Waals surface area contributed by atoms with Gasteiger partial charge in [0, 0.05) is 32.0 Å². The fourth-order valence-electron chi connectivity index (χ4n) is 3.44. The molecule has 0 spiro atoms. The molecule has 13 heteroatoms. The van der Waals surface area contributed by atoms with Gasteiger partial charge in [-0.1, -0.05) is 12.1 Å². The summed E-state index contributed by atoms with van der Waals surface area (Å²) in [6.45, 7) is 1.68. The molecule has 0 fully saturated rings. The molecule has 180 valence electrons. The van der Waals surface area contributed by atoms with Crippen LogP contribution in [-0.4, -0.2) is 47.7 Å². The standard InChI is InChI=1S/C21H23N5O7S/c1-3-24-20(28)15-6-4-5-7-17(15)25(21(24)29)13-19(27)23-11-10-22-16-9-8-14(34(2,32)33)12-18(16)26(30)31/h4-9,12,22H,3,10-11,13H2,1-2H3,(H,23,27). The Morgan fingerprint density at radius 2 is 1.79 bits per heavy atom. The van der Waals surface area contributed by atoms with Crippen molar-refractivity contribution in [2.24, 2.45) is 0 Å². The number of nitrogens with one attached hydrogen (secondary N) is 2. The van der Waals surface area contributed by atoms with E-state index in [-0.39, 0.29) is 36.8 Å². The maximum absolute atomic E-state index is 12.7. The highest BCUT2D eigenvalue weighted by molar-refractivity contribution is 7.90. The van der Waals surface area contributed by atoms with E-state index in [1.165, 1.54) is 16.7 Å². The van der Waals surface area contributed by atoms with E-state index in [9.17, 15) is 32.9 Å². The van der Waals surface area contributed by atoms with Crippen LogP contribution in [0.1, 0.15) is 6.92 Å². The van der Waals surface area contributed by atoms with Crippen molar-refractivity contribution < 1.29 is 18.1 Å². The van der Waals surface area contributed by atoms with Crippen LogP contribution in [0.5, 0.6) is 0 Å². The largest absolute Gasteiger partial charge is 0.378 e. The van der Waals surface area contributed by atoms with E-state index in [1.54, 1.807) is 31.2 Å². The van der Waals surface area contributed by atoms with Gasteiger partial charge in [0.2, 0.25) is 5.91 Å². The van der Waals surface area contributed by atoms with Crippen molar-refractivity contribution >= 4 is 38.0 Å². The average Bonchev–Trinajstić information content (AvgIpc) is 2.79. The summed E-state index contributed by atoms with van der Waals surface area (Å²) in [5.41, 5.74) is -0.983. The second-order valence-corrected chi connectivity index (χ2v) is 9.44. The molecule has 0 unspecified atom stereocenters. The Morgan fingerprint density at radius 1 is 1.09 bits per heavy atom. The van der Waals surface area contributed by atoms with E-state index in [4.69, 9.17) is 0 Å². The van der Waals surface area contributed by atoms with Crippen molar-refractivity contribution in [3.8, 4) is 0 Å². The molecule has 1 aromatic heterocycles. The van der Waals surface area contributed by atoms with E-state index < -0.39 is 37.6 Å². The smallest absolute Gasteiger partial charge is 0.331 e. The number of rotatable bonds is 9. The van der Waals surface area contributed by atoms with Crippen LogP contribution < -0.4 is 21.9 Å². The van der Waals surface area contributed by atoms with Crippen LogP contribution in [0.4, 0.5) is 11.4 Å². The number of amides is 1. The molecule has 0 saturated carbocycles. The molecule has 0 aliphatic carbocycles. The molecular weight excluding hydrogens is 466 g/mol. The number of carbonyl (C=O) groups excluding carboxylic acids is 1. The number of sulfone groups is 1. The maximum Gasteiger partial charge on any atom is 0.331 e. The Hall–Kier alpha value is -4.00. The lowest BCUT2D eigenvalue weighted by molar-refractivity contribution is -0.384. The monoisotopic (exact) mass is 489 g/mol. The van der Waals surface area contributed by atoms with Gasteiger partial charge in [-0.25, -0.2) is 13.2 Å². The Bertz CT molecular complexity index is 1490. The quantitative estimate of drug-likeness (QED) is 0.252. The van der Waals surface area contributed by atoms with Gasteiger partial charge in [-0.15, -0.1) is 0 Å². The first-order valence-corrected chi connectivity index (χ1v) is 12.1. The van der Waals surface area contributed by atoms with Crippen LogP contribution in [-0.2, 0) is 27.7 Å². The maximum atomic E-state index is 12.7. The number of nitro benzene ring substituents is 1. The van der Waals surface area contributed by atoms with Gasteiger partial charge in [-0.3, -0.25) is 28.8 Å². The molecular formula is C21H23N5O7S. The van der Waals surface area contributed by atoms with Gasteiger partial charge in [0.25, 0.3) is 11.2 Å². The normalized spacial score (nSPS) is 11.4. The number of aromatic nitrogens is 2. The summed E-state index contributed by atoms with van der Waals surface area (Å²) in [6.07, 6.45) is 0.954. The Kier molecular flexibility index (Phi) is 7.15. The fraction of sp³-hybridized carbons (Fsp3) is 0.286. The second-order valence-electron chi connectivity index (χ2n) is 7.42. The Morgan fingerprint density at radius 3 is 2.44 bits per heavy atom. The minimum atomic E-state index is -3.61. The van der Waals surface area contributed by atoms with E-state index in [0.29, 0.717) is 10.9 Å². The highest BCUT2D eigenvalue weighted by Gasteiger charge is 2.19. The van der Waals surface area contributed by atoms with Gasteiger partial charge >= 0.3 is 5.69 Å². The zero-order valence-corrected chi connectivity index (χ0v) is 19.3. The minimum Gasteiger partial charge on any atom is -0.378 e. The second kappa shape index (κ2) is 9.87. The van der Waals surface area contributed by atoms with E-state index in [0.717, 1.165) is 16.9 Å². The molecule has 12 nitrogen and oxygen atoms in total. The number of hydrogen-bond donors (Lipinski definition) is 2. The molecule has 1 amide bonds. The van der Waals surface area contributed by atoms with E-state index >= 15 is 0 Å². The zero-order valence-electron chi connectivity index (χ0n) is 18.5. The first-order chi connectivity index (χ1) is 16.0. The Labute approximate surface area is 193 Å². The first-order valence-electron chi connectivity index (χ1n) is 10.3. The molecule has 34 heavy (non-hydrogen) atoms. The predicted molar refractivity (Wildman–Crippen MR) is 126 cm³/mol. The van der Waals surface area contributed by atoms with Crippen LogP contribution in [0.25, 0.3) is 10.9 Å². The zero-order chi connectivity index (χ0) is 25.0. The predicted octanol–water partition coefficient (Wildman–Crippen LogP) is 0.723. The van der Waals surface area contributed by atoms with Gasteiger partial charge in [0.1, 0.15) is 12.2 Å². The Balaban J connectivity index is 1.70. The SMILES string of the molecule is CCn1c(=O)c2ccccc2n(CC(=O)NCCNc2ccc(S(C)(=O)=O)cc2[N+](=O)[O-])c1=O. The fourth-order valence-corrected chi connectivity index (χ4v) is 4.08. The van der Waals surface area contributed by atoms with Gasteiger partial charge in [0.05, 0.1) is 20.7 Å². The molecule has 1 heterocycles. The van der Waals surface area contributed by atoms with Crippen molar-refractivity contribution in [1.29, 1.82) is 0 Å². The van der Waals surface area contributed by atoms with Crippen molar-refractivity contribution in [3.05, 3.63) is 73.4 Å². The van der Waals surface area contributed by atoms with Crippen LogP contribution in [0.15, 0.2) is 56.9 Å². The molecule has 0 saturated heterocycles. The lowest BCUT2D eigenvalue weighted by atomic mass is 10.2. The van der Waals surface area contributed by atoms with Crippen molar-refractivity contribution in [2.75, 3.05) is 24.7 Å². The van der Waals surface area contributed by atoms with Crippen molar-refractivity contribution in [2.45, 2.75) is 24.9 Å². The molecule has 0 atom stereocenters. The molecule has 3 rings (SSSR count). The third-order valence-corrected chi connectivity index (χ3v) is 6.22. The summed E-state index contributed by atoms with van der Waals surface area (Å²) in [4.78, 5) is 48.1. The molecule has 0 aliphatic heterocycles. The lowest BCUT2D eigenvalue weighted by Crippen LogP contribution is -2.42. The van der Waals surface area contributed by atoms with E-state index in [2.05, 4.69) is 10.6 Å². The number of nitro groups is 1. The number of fused-ring (bicyclic) bond motifs is 1. The minimum absolute atomic E-state index is 0.0733. The summed E-state index contributed by atoms with van der Waals surface area (Å²) >= 11 is 0. The topological polar surface area (TPSA) is 162 Å². The molecule has 0 radical (unpaired) electrons. The van der Waals surface area contributed by atoms with Gasteiger partial charge in [0.15, 0.2) is 9.84 Å². The summed E-state index contributed by atoms with van der Waals surface area (Å²) in [5, 5.41) is 17.0. The number of nitrogens with zero attached hydrogens (tertiary/aromatic N) is 3. The van der Waals surface area contributed by atoms with Crippen molar-refractivity contribution in [3.63, 3.8) is 0 Å². The number of hydrogen-bond acceptors (Lipinski definition) is 8. The van der Waals surface area contributed by atoms with Crippen LogP contribution in [0.3, 0.4) is 0 Å². The number of carbonyl (C=O) groups is 1. The highest BCUT2D eigenvalue weighted by atomic mass is 32.2. The summed E-state index contributed by atoms with van der Waals surface area (Å²) in [6, 6.07) is 10.0. The average molecular weight is 490 g/mol. The number of para-hydroxylation sites is 1. The molecule has 2 N–H and O–H groups in total. The van der Waals surface area contributed by atoms with Crippen LogP contribution >= 0.6 is 0 Å². The highest BCUT2D eigenvalue weighted by Crippen LogP contribution is 2.27. The lowest BCUT2D eigenvalue weighted by Gasteiger charge is -2.13. The van der Waals surface area contributed by atoms with Gasteiger partial charge in [-0.2, -0.15) is 0 Å².